The average Bonchev–Trinajstić information content (AvgIpc) is 2.49. The average molecular weight is 195 g/mol. The van der Waals surface area contributed by atoms with Gasteiger partial charge in [0.2, 0.25) is 0 Å². The quantitative estimate of drug-likeness (QED) is 0.700. The van der Waals surface area contributed by atoms with Gasteiger partial charge in [-0.25, -0.2) is 4.79 Å². The Morgan fingerprint density at radius 2 is 2.07 bits per heavy atom. The van der Waals surface area contributed by atoms with E-state index in [0.29, 0.717) is 12.1 Å². The molecule has 0 radical (unpaired) electrons. The molecule has 4 nitrogen and oxygen atoms in total. The second-order valence-corrected chi connectivity index (χ2v) is 4.17. The highest BCUT2D eigenvalue weighted by atomic mass is 16.1. The first kappa shape index (κ1) is 9.52. The van der Waals surface area contributed by atoms with E-state index < -0.39 is 0 Å². The van der Waals surface area contributed by atoms with Gasteiger partial charge in [0.1, 0.15) is 0 Å². The minimum absolute atomic E-state index is 0.0166. The summed E-state index contributed by atoms with van der Waals surface area (Å²) in [6, 6.07) is 0.690. The highest BCUT2D eigenvalue weighted by Gasteiger charge is 2.21. The van der Waals surface area contributed by atoms with Crippen molar-refractivity contribution >= 4 is 0 Å². The van der Waals surface area contributed by atoms with Crippen LogP contribution in [0.2, 0.25) is 0 Å². The molecule has 0 atom stereocenters. The van der Waals surface area contributed by atoms with Crippen LogP contribution >= 0.6 is 0 Å². The smallest absolute Gasteiger partial charge is 0.325 e. The van der Waals surface area contributed by atoms with Crippen LogP contribution in [0.3, 0.4) is 0 Å². The Balaban J connectivity index is 2.20. The zero-order chi connectivity index (χ0) is 10.1. The number of aromatic nitrogens is 2. The Kier molecular flexibility index (Phi) is 2.46. The predicted molar refractivity (Wildman–Crippen MR) is 55.3 cm³/mol. The fourth-order valence-electron chi connectivity index (χ4n) is 2.28. The minimum atomic E-state index is 0.0166. The van der Waals surface area contributed by atoms with Gasteiger partial charge in [-0.3, -0.25) is 4.57 Å². The summed E-state index contributed by atoms with van der Waals surface area (Å²) in [5, 5.41) is 0. The fraction of sp³-hybridized carbons (Fsp3) is 0.700. The molecule has 2 rings (SSSR count). The van der Waals surface area contributed by atoms with Crippen LogP contribution in [0.15, 0.2) is 11.0 Å². The Morgan fingerprint density at radius 3 is 2.57 bits per heavy atom. The van der Waals surface area contributed by atoms with E-state index in [-0.39, 0.29) is 5.69 Å². The monoisotopic (exact) mass is 195 g/mol. The molecule has 3 N–H and O–H groups in total. The summed E-state index contributed by atoms with van der Waals surface area (Å²) in [4.78, 5) is 14.2. The van der Waals surface area contributed by atoms with Crippen LogP contribution in [-0.2, 0) is 0 Å². The molecule has 1 aliphatic rings. The third-order valence-corrected chi connectivity index (χ3v) is 3.11. The number of H-pyrrole nitrogens is 1. The molecule has 1 heterocycles. The van der Waals surface area contributed by atoms with E-state index in [1.165, 1.54) is 0 Å². The van der Waals surface area contributed by atoms with Crippen LogP contribution in [0.5, 0.6) is 0 Å². The summed E-state index contributed by atoms with van der Waals surface area (Å²) in [6.07, 6.45) is 5.89. The maximum absolute atomic E-state index is 11.5. The van der Waals surface area contributed by atoms with E-state index in [1.807, 2.05) is 11.5 Å². The molecule has 78 valence electrons. The molecule has 1 aliphatic carbocycles. The highest BCUT2D eigenvalue weighted by molar-refractivity contribution is 4.98. The second kappa shape index (κ2) is 3.61. The third kappa shape index (κ3) is 1.62. The molecule has 0 saturated heterocycles. The van der Waals surface area contributed by atoms with Crippen molar-refractivity contribution < 1.29 is 0 Å². The van der Waals surface area contributed by atoms with E-state index in [4.69, 9.17) is 5.73 Å². The summed E-state index contributed by atoms with van der Waals surface area (Å²) in [5.74, 6) is 0. The van der Waals surface area contributed by atoms with Crippen LogP contribution in [0.1, 0.15) is 37.4 Å². The van der Waals surface area contributed by atoms with Gasteiger partial charge in [0.25, 0.3) is 0 Å². The lowest BCUT2D eigenvalue weighted by molar-refractivity contribution is 0.315. The number of aromatic amines is 1. The van der Waals surface area contributed by atoms with Gasteiger partial charge in [-0.15, -0.1) is 0 Å². The number of nitrogens with two attached hydrogens (primary N) is 1. The second-order valence-electron chi connectivity index (χ2n) is 4.17. The van der Waals surface area contributed by atoms with E-state index in [0.717, 1.165) is 31.4 Å². The van der Waals surface area contributed by atoms with Crippen molar-refractivity contribution in [2.45, 2.75) is 44.7 Å². The molecule has 0 aliphatic heterocycles. The van der Waals surface area contributed by atoms with Gasteiger partial charge in [-0.2, -0.15) is 0 Å². The van der Waals surface area contributed by atoms with E-state index >= 15 is 0 Å². The van der Waals surface area contributed by atoms with Crippen molar-refractivity contribution in [1.82, 2.24) is 9.55 Å². The van der Waals surface area contributed by atoms with Crippen LogP contribution in [0.4, 0.5) is 0 Å². The highest BCUT2D eigenvalue weighted by Crippen LogP contribution is 2.27. The summed E-state index contributed by atoms with van der Waals surface area (Å²) >= 11 is 0. The first-order valence-corrected chi connectivity index (χ1v) is 5.20. The van der Waals surface area contributed by atoms with E-state index in [9.17, 15) is 4.79 Å². The molecule has 14 heavy (non-hydrogen) atoms. The molecule has 0 bridgehead atoms. The number of rotatable bonds is 1. The predicted octanol–water partition coefficient (Wildman–Crippen LogP) is 0.927. The molecule has 0 aromatic carbocycles. The number of hydrogen-bond acceptors (Lipinski definition) is 2. The molecule has 1 aromatic rings. The van der Waals surface area contributed by atoms with Crippen molar-refractivity contribution in [2.24, 2.45) is 5.73 Å². The Labute approximate surface area is 83.1 Å². The largest absolute Gasteiger partial charge is 0.328 e. The Bertz CT molecular complexity index is 358. The van der Waals surface area contributed by atoms with Crippen LogP contribution < -0.4 is 11.4 Å². The van der Waals surface area contributed by atoms with Crippen molar-refractivity contribution in [3.05, 3.63) is 22.4 Å². The van der Waals surface area contributed by atoms with E-state index in [1.54, 1.807) is 6.20 Å². The standard InChI is InChI=1S/C10H17N3O/c1-7-6-12-10(14)13(7)9-4-2-8(11)3-5-9/h6,8-9H,2-5,11H2,1H3,(H,12,14). The van der Waals surface area contributed by atoms with Gasteiger partial charge >= 0.3 is 5.69 Å². The first-order chi connectivity index (χ1) is 6.68. The zero-order valence-corrected chi connectivity index (χ0v) is 8.49. The maximum Gasteiger partial charge on any atom is 0.325 e. The summed E-state index contributed by atoms with van der Waals surface area (Å²) < 4.78 is 1.87. The molecule has 1 fully saturated rings. The van der Waals surface area contributed by atoms with Crippen LogP contribution in [-0.4, -0.2) is 15.6 Å². The summed E-state index contributed by atoms with van der Waals surface area (Å²) in [6.45, 7) is 1.96. The lowest BCUT2D eigenvalue weighted by atomic mass is 9.91. The van der Waals surface area contributed by atoms with Gasteiger partial charge in [-0.05, 0) is 32.6 Å². The molecule has 0 spiro atoms. The molecule has 0 unspecified atom stereocenters. The molecule has 1 aromatic heterocycles. The SMILES string of the molecule is Cc1c[nH]c(=O)n1C1CCC(N)CC1. The van der Waals surface area contributed by atoms with Gasteiger partial charge in [0.05, 0.1) is 0 Å². The van der Waals surface area contributed by atoms with Gasteiger partial charge in [0.15, 0.2) is 0 Å². The van der Waals surface area contributed by atoms with Crippen molar-refractivity contribution in [1.29, 1.82) is 0 Å². The fourth-order valence-corrected chi connectivity index (χ4v) is 2.28. The van der Waals surface area contributed by atoms with E-state index in [2.05, 4.69) is 4.98 Å². The molecule has 0 amide bonds. The number of nitrogens with zero attached hydrogens (tertiary/aromatic N) is 1. The first-order valence-electron chi connectivity index (χ1n) is 5.20. The third-order valence-electron chi connectivity index (χ3n) is 3.11. The number of imidazole rings is 1. The molecule has 4 heteroatoms. The Hall–Kier alpha value is -1.03. The maximum atomic E-state index is 11.5. The summed E-state index contributed by atoms with van der Waals surface area (Å²) in [5.41, 5.74) is 6.87. The summed E-state index contributed by atoms with van der Waals surface area (Å²) in [7, 11) is 0. The molecule has 1 saturated carbocycles. The van der Waals surface area contributed by atoms with Crippen molar-refractivity contribution in [3.8, 4) is 0 Å². The topological polar surface area (TPSA) is 63.8 Å². The molecular weight excluding hydrogens is 178 g/mol. The van der Waals surface area contributed by atoms with Crippen LogP contribution in [0.25, 0.3) is 0 Å². The number of nitrogens with one attached hydrogen (secondary N) is 1. The normalized spacial score (nSPS) is 27.9. The van der Waals surface area contributed by atoms with Gasteiger partial charge in [0, 0.05) is 24.0 Å². The van der Waals surface area contributed by atoms with Gasteiger partial charge < -0.3 is 10.7 Å². The lowest BCUT2D eigenvalue weighted by Gasteiger charge is -2.27. The zero-order valence-electron chi connectivity index (χ0n) is 8.49. The van der Waals surface area contributed by atoms with Crippen LogP contribution in [0, 0.1) is 6.92 Å². The van der Waals surface area contributed by atoms with Crippen molar-refractivity contribution in [3.63, 3.8) is 0 Å². The van der Waals surface area contributed by atoms with Crippen molar-refractivity contribution in [2.75, 3.05) is 0 Å². The molecular formula is C10H17N3O. The number of hydrogen-bond donors (Lipinski definition) is 2. The van der Waals surface area contributed by atoms with Gasteiger partial charge in [-0.1, -0.05) is 0 Å². The Morgan fingerprint density at radius 1 is 1.43 bits per heavy atom. The lowest BCUT2D eigenvalue weighted by Crippen LogP contribution is -2.31. The number of aryl methyl sites for hydroxylation is 1. The minimum Gasteiger partial charge on any atom is -0.328 e.